The van der Waals surface area contributed by atoms with Crippen molar-refractivity contribution >= 4 is 44.3 Å². The molecule has 0 radical (unpaired) electrons. The number of hydrogen-bond donors (Lipinski definition) is 1. The predicted octanol–water partition coefficient (Wildman–Crippen LogP) is 4.11. The summed E-state index contributed by atoms with van der Waals surface area (Å²) in [4.78, 5) is 9.19. The first-order valence-electron chi connectivity index (χ1n) is 5.65. The largest absolute Gasteiger partial charge is 0.372 e. The monoisotopic (exact) mass is 417 g/mol. The minimum Gasteiger partial charge on any atom is -0.372 e. The molecule has 3 nitrogen and oxygen atoms in total. The fraction of sp³-hybridized carbons (Fsp3) is 0.231. The molecule has 0 aliphatic heterocycles. The summed E-state index contributed by atoms with van der Waals surface area (Å²) in [5.74, 6) is 1.65. The van der Waals surface area contributed by atoms with Gasteiger partial charge in [0, 0.05) is 17.1 Å². The molecular weight excluding hydrogens is 405 g/mol. The summed E-state index contributed by atoms with van der Waals surface area (Å²) in [5, 5.41) is 3.12. The number of anilines is 1. The van der Waals surface area contributed by atoms with E-state index in [9.17, 15) is 0 Å². The zero-order valence-electron chi connectivity index (χ0n) is 10.2. The van der Waals surface area contributed by atoms with Crippen molar-refractivity contribution in [2.75, 3.05) is 12.4 Å². The van der Waals surface area contributed by atoms with Crippen LogP contribution < -0.4 is 5.32 Å². The van der Waals surface area contributed by atoms with Crippen LogP contribution in [0.1, 0.15) is 12.6 Å². The number of aromatic nitrogens is 2. The van der Waals surface area contributed by atoms with Crippen molar-refractivity contribution in [3.05, 3.63) is 38.0 Å². The molecule has 2 rings (SSSR count). The number of rotatable bonds is 3. The first kappa shape index (κ1) is 13.7. The average Bonchev–Trinajstić information content (AvgIpc) is 2.39. The molecule has 0 fully saturated rings. The molecule has 0 saturated carbocycles. The van der Waals surface area contributed by atoms with Gasteiger partial charge >= 0.3 is 0 Å². The van der Waals surface area contributed by atoms with Crippen molar-refractivity contribution in [2.24, 2.45) is 0 Å². The van der Waals surface area contributed by atoms with Gasteiger partial charge in [0.15, 0.2) is 5.82 Å². The number of nitrogens with one attached hydrogen (secondary N) is 1. The summed E-state index contributed by atoms with van der Waals surface area (Å²) in [7, 11) is 1.88. The highest BCUT2D eigenvalue weighted by atomic mass is 127. The highest BCUT2D eigenvalue weighted by molar-refractivity contribution is 14.1. The van der Waals surface area contributed by atoms with Gasteiger partial charge in [-0.15, -0.1) is 0 Å². The Hall–Kier alpha value is -0.690. The minimum absolute atomic E-state index is 0.762. The molecule has 94 valence electrons. The van der Waals surface area contributed by atoms with Gasteiger partial charge in [-0.1, -0.05) is 35.0 Å². The summed E-state index contributed by atoms with van der Waals surface area (Å²) in [6.07, 6.45) is 0.899. The van der Waals surface area contributed by atoms with E-state index in [0.717, 1.165) is 37.4 Å². The zero-order chi connectivity index (χ0) is 13.1. The quantitative estimate of drug-likeness (QED) is 0.763. The van der Waals surface area contributed by atoms with Crippen molar-refractivity contribution in [2.45, 2.75) is 13.3 Å². The molecule has 0 unspecified atom stereocenters. The Morgan fingerprint density at radius 3 is 2.72 bits per heavy atom. The molecule has 1 aromatic carbocycles. The van der Waals surface area contributed by atoms with Crippen LogP contribution in [0.3, 0.4) is 0 Å². The maximum absolute atomic E-state index is 4.63. The van der Waals surface area contributed by atoms with Crippen molar-refractivity contribution in [1.29, 1.82) is 0 Å². The number of benzene rings is 1. The van der Waals surface area contributed by atoms with Gasteiger partial charge in [-0.25, -0.2) is 9.97 Å². The molecule has 1 aromatic heterocycles. The Morgan fingerprint density at radius 2 is 2.11 bits per heavy atom. The van der Waals surface area contributed by atoms with Crippen LogP contribution in [0, 0.1) is 3.57 Å². The zero-order valence-corrected chi connectivity index (χ0v) is 13.9. The van der Waals surface area contributed by atoms with Gasteiger partial charge in [0.1, 0.15) is 5.82 Å². The van der Waals surface area contributed by atoms with Gasteiger partial charge in [-0.05, 0) is 41.1 Å². The van der Waals surface area contributed by atoms with Crippen LogP contribution in [0.2, 0.25) is 0 Å². The van der Waals surface area contributed by atoms with Crippen molar-refractivity contribution in [3.8, 4) is 11.4 Å². The first-order chi connectivity index (χ1) is 8.65. The second-order valence-corrected chi connectivity index (χ2v) is 5.76. The van der Waals surface area contributed by atoms with Crippen molar-refractivity contribution < 1.29 is 0 Å². The Kier molecular flexibility index (Phi) is 4.55. The third-order valence-corrected chi connectivity index (χ3v) is 4.20. The first-order valence-corrected chi connectivity index (χ1v) is 7.53. The molecule has 5 heteroatoms. The van der Waals surface area contributed by atoms with Crippen LogP contribution in [0.4, 0.5) is 5.82 Å². The van der Waals surface area contributed by atoms with E-state index >= 15 is 0 Å². The average molecular weight is 418 g/mol. The highest BCUT2D eigenvalue weighted by Crippen LogP contribution is 2.25. The molecule has 0 aliphatic carbocycles. The lowest BCUT2D eigenvalue weighted by molar-refractivity contribution is 0.990. The lowest BCUT2D eigenvalue weighted by atomic mass is 10.2. The van der Waals surface area contributed by atoms with Crippen molar-refractivity contribution in [3.63, 3.8) is 0 Å². The molecule has 0 saturated heterocycles. The van der Waals surface area contributed by atoms with E-state index in [-0.39, 0.29) is 0 Å². The van der Waals surface area contributed by atoms with E-state index in [2.05, 4.69) is 60.7 Å². The van der Waals surface area contributed by atoms with Crippen LogP contribution in [-0.4, -0.2) is 17.0 Å². The maximum atomic E-state index is 4.63. The minimum atomic E-state index is 0.762. The third kappa shape index (κ3) is 2.83. The van der Waals surface area contributed by atoms with E-state index in [1.165, 1.54) is 0 Å². The smallest absolute Gasteiger partial charge is 0.161 e. The standard InChI is InChI=1S/C13H13BrIN3/c1-3-10-11(15)13(16-2)18-12(17-10)8-5-4-6-9(14)7-8/h4-7H,3H2,1-2H3,(H,16,17,18). The Balaban J connectivity index is 2.58. The van der Waals surface area contributed by atoms with Crippen LogP contribution in [-0.2, 0) is 6.42 Å². The Labute approximate surface area is 129 Å². The van der Waals surface area contributed by atoms with Gasteiger partial charge in [-0.3, -0.25) is 0 Å². The molecule has 18 heavy (non-hydrogen) atoms. The Morgan fingerprint density at radius 1 is 1.33 bits per heavy atom. The number of halogens is 2. The molecular formula is C13H13BrIN3. The van der Waals surface area contributed by atoms with Crippen LogP contribution in [0.25, 0.3) is 11.4 Å². The summed E-state index contributed by atoms with van der Waals surface area (Å²) in [6, 6.07) is 8.04. The normalized spacial score (nSPS) is 10.4. The van der Waals surface area contributed by atoms with E-state index in [0.29, 0.717) is 0 Å². The van der Waals surface area contributed by atoms with Crippen molar-refractivity contribution in [1.82, 2.24) is 9.97 Å². The Bertz CT molecular complexity index is 547. The summed E-state index contributed by atoms with van der Waals surface area (Å²) < 4.78 is 2.13. The number of nitrogens with zero attached hydrogens (tertiary/aromatic N) is 2. The SMILES string of the molecule is CCc1nc(-c2cccc(Br)c2)nc(NC)c1I. The van der Waals surface area contributed by atoms with Gasteiger partial charge in [-0.2, -0.15) is 0 Å². The topological polar surface area (TPSA) is 37.8 Å². The molecule has 0 bridgehead atoms. The summed E-state index contributed by atoms with van der Waals surface area (Å²) >= 11 is 5.76. The summed E-state index contributed by atoms with van der Waals surface area (Å²) in [5.41, 5.74) is 2.09. The van der Waals surface area contributed by atoms with Crippen LogP contribution in [0.5, 0.6) is 0 Å². The predicted molar refractivity (Wildman–Crippen MR) is 86.8 cm³/mol. The third-order valence-electron chi connectivity index (χ3n) is 2.57. The number of hydrogen-bond acceptors (Lipinski definition) is 3. The van der Waals surface area contributed by atoms with Crippen LogP contribution in [0.15, 0.2) is 28.7 Å². The second kappa shape index (κ2) is 5.97. The number of aryl methyl sites for hydroxylation is 1. The lowest BCUT2D eigenvalue weighted by Gasteiger charge is -2.10. The maximum Gasteiger partial charge on any atom is 0.161 e. The molecule has 2 aromatic rings. The fourth-order valence-corrected chi connectivity index (χ4v) is 2.94. The molecule has 1 heterocycles. The highest BCUT2D eigenvalue weighted by Gasteiger charge is 2.11. The van der Waals surface area contributed by atoms with Gasteiger partial charge in [0.2, 0.25) is 0 Å². The molecule has 0 amide bonds. The lowest BCUT2D eigenvalue weighted by Crippen LogP contribution is -2.04. The van der Waals surface area contributed by atoms with Gasteiger partial charge in [0.05, 0.1) is 9.26 Å². The van der Waals surface area contributed by atoms with E-state index in [1.807, 2.05) is 31.3 Å². The molecule has 0 atom stereocenters. The van der Waals surface area contributed by atoms with Gasteiger partial charge in [0.25, 0.3) is 0 Å². The molecule has 1 N–H and O–H groups in total. The summed E-state index contributed by atoms with van der Waals surface area (Å²) in [6.45, 7) is 2.11. The van der Waals surface area contributed by atoms with E-state index < -0.39 is 0 Å². The fourth-order valence-electron chi connectivity index (χ4n) is 1.65. The van der Waals surface area contributed by atoms with E-state index in [1.54, 1.807) is 0 Å². The van der Waals surface area contributed by atoms with Gasteiger partial charge < -0.3 is 5.32 Å². The molecule has 0 spiro atoms. The van der Waals surface area contributed by atoms with Crippen LogP contribution >= 0.6 is 38.5 Å². The van der Waals surface area contributed by atoms with E-state index in [4.69, 9.17) is 0 Å². The molecule has 0 aliphatic rings. The second-order valence-electron chi connectivity index (χ2n) is 3.77.